The standard InChI is InChI=1S/C13H15F2N5O2/c1-7-2-3-8(13(21)22)6-19(7)10-5-4-9-16-17-12(11(14)15)20(9)18-10/h4-5,7-8,11H,2-3,6H2,1H3,(H,21,22). The highest BCUT2D eigenvalue weighted by atomic mass is 19.3. The molecule has 0 amide bonds. The Labute approximate surface area is 124 Å². The van der Waals surface area contributed by atoms with Gasteiger partial charge in [-0.2, -0.15) is 4.52 Å². The Morgan fingerprint density at radius 2 is 2.14 bits per heavy atom. The summed E-state index contributed by atoms with van der Waals surface area (Å²) in [6.07, 6.45) is -1.46. The van der Waals surface area contributed by atoms with Crippen LogP contribution in [-0.4, -0.2) is 43.5 Å². The van der Waals surface area contributed by atoms with Gasteiger partial charge in [0.1, 0.15) is 5.82 Å². The van der Waals surface area contributed by atoms with Crippen LogP contribution < -0.4 is 4.90 Å². The zero-order valence-corrected chi connectivity index (χ0v) is 11.9. The van der Waals surface area contributed by atoms with Crippen LogP contribution in [0.3, 0.4) is 0 Å². The average molecular weight is 311 g/mol. The average Bonchev–Trinajstić information content (AvgIpc) is 2.90. The lowest BCUT2D eigenvalue weighted by molar-refractivity contribution is -0.142. The molecule has 1 aliphatic rings. The molecule has 1 saturated heterocycles. The number of hydrogen-bond acceptors (Lipinski definition) is 5. The first-order valence-corrected chi connectivity index (χ1v) is 6.97. The minimum Gasteiger partial charge on any atom is -0.481 e. The van der Waals surface area contributed by atoms with Crippen molar-refractivity contribution in [1.29, 1.82) is 0 Å². The Morgan fingerprint density at radius 3 is 2.82 bits per heavy atom. The van der Waals surface area contributed by atoms with Gasteiger partial charge in [0.15, 0.2) is 5.65 Å². The predicted octanol–water partition coefficient (Wildman–Crippen LogP) is 1.75. The molecule has 3 rings (SSSR count). The second-order valence-corrected chi connectivity index (χ2v) is 5.43. The molecule has 0 bridgehead atoms. The van der Waals surface area contributed by atoms with E-state index in [1.807, 2.05) is 11.8 Å². The summed E-state index contributed by atoms with van der Waals surface area (Å²) in [5, 5.41) is 20.4. The maximum atomic E-state index is 12.9. The number of rotatable bonds is 3. The second-order valence-electron chi connectivity index (χ2n) is 5.43. The van der Waals surface area contributed by atoms with Gasteiger partial charge < -0.3 is 10.0 Å². The number of fused-ring (bicyclic) bond motifs is 1. The molecule has 2 atom stereocenters. The lowest BCUT2D eigenvalue weighted by atomic mass is 9.93. The smallest absolute Gasteiger partial charge is 0.308 e. The van der Waals surface area contributed by atoms with E-state index in [4.69, 9.17) is 0 Å². The first-order valence-electron chi connectivity index (χ1n) is 6.97. The van der Waals surface area contributed by atoms with E-state index in [2.05, 4.69) is 15.3 Å². The number of piperidine rings is 1. The molecule has 2 aromatic heterocycles. The number of carboxylic acids is 1. The van der Waals surface area contributed by atoms with E-state index < -0.39 is 24.1 Å². The SMILES string of the molecule is CC1CCC(C(=O)O)CN1c1ccc2nnc(C(F)F)n2n1. The molecule has 0 spiro atoms. The monoisotopic (exact) mass is 311 g/mol. The van der Waals surface area contributed by atoms with Crippen LogP contribution in [0.1, 0.15) is 32.0 Å². The fourth-order valence-corrected chi connectivity index (χ4v) is 2.71. The van der Waals surface area contributed by atoms with Crippen LogP contribution in [0.25, 0.3) is 5.65 Å². The van der Waals surface area contributed by atoms with Gasteiger partial charge in [-0.05, 0) is 31.9 Å². The Hall–Kier alpha value is -2.32. The fraction of sp³-hybridized carbons (Fsp3) is 0.538. The molecule has 7 nitrogen and oxygen atoms in total. The number of nitrogens with zero attached hydrogens (tertiary/aromatic N) is 5. The largest absolute Gasteiger partial charge is 0.481 e. The molecule has 0 aliphatic carbocycles. The summed E-state index contributed by atoms with van der Waals surface area (Å²) in [6, 6.07) is 3.30. The molecule has 22 heavy (non-hydrogen) atoms. The number of carbonyl (C=O) groups is 1. The summed E-state index contributed by atoms with van der Waals surface area (Å²) in [5.74, 6) is -1.40. The maximum absolute atomic E-state index is 12.9. The molecular formula is C13H15F2N5O2. The first kappa shape index (κ1) is 14.6. The van der Waals surface area contributed by atoms with Gasteiger partial charge in [-0.1, -0.05) is 0 Å². The highest BCUT2D eigenvalue weighted by molar-refractivity contribution is 5.71. The zero-order chi connectivity index (χ0) is 15.9. The zero-order valence-electron chi connectivity index (χ0n) is 11.9. The quantitative estimate of drug-likeness (QED) is 0.930. The Kier molecular flexibility index (Phi) is 3.63. The van der Waals surface area contributed by atoms with Crippen molar-refractivity contribution < 1.29 is 18.7 Å². The van der Waals surface area contributed by atoms with Gasteiger partial charge in [-0.3, -0.25) is 4.79 Å². The van der Waals surface area contributed by atoms with Crippen LogP contribution >= 0.6 is 0 Å². The number of carboxylic acid groups (broad SMARTS) is 1. The summed E-state index contributed by atoms with van der Waals surface area (Å²) in [4.78, 5) is 13.0. The van der Waals surface area contributed by atoms with Crippen molar-refractivity contribution in [3.63, 3.8) is 0 Å². The third-order valence-corrected chi connectivity index (χ3v) is 3.99. The molecule has 9 heteroatoms. The molecule has 118 valence electrons. The number of hydrogen-bond donors (Lipinski definition) is 1. The van der Waals surface area contributed by atoms with Crippen molar-refractivity contribution in [3.05, 3.63) is 18.0 Å². The summed E-state index contributed by atoms with van der Waals surface area (Å²) >= 11 is 0. The molecular weight excluding hydrogens is 296 g/mol. The van der Waals surface area contributed by atoms with E-state index in [1.54, 1.807) is 12.1 Å². The molecule has 1 aliphatic heterocycles. The van der Waals surface area contributed by atoms with E-state index in [0.29, 0.717) is 25.2 Å². The van der Waals surface area contributed by atoms with Gasteiger partial charge in [0.2, 0.25) is 5.82 Å². The van der Waals surface area contributed by atoms with E-state index in [-0.39, 0.29) is 11.7 Å². The third kappa shape index (κ3) is 2.46. The second kappa shape index (κ2) is 5.47. The number of anilines is 1. The number of aromatic nitrogens is 4. The van der Waals surface area contributed by atoms with Gasteiger partial charge in [0, 0.05) is 12.6 Å². The van der Waals surface area contributed by atoms with Crippen molar-refractivity contribution in [3.8, 4) is 0 Å². The van der Waals surface area contributed by atoms with Crippen molar-refractivity contribution in [2.24, 2.45) is 5.92 Å². The molecule has 2 unspecified atom stereocenters. The number of aliphatic carboxylic acids is 1. The lowest BCUT2D eigenvalue weighted by Gasteiger charge is -2.37. The first-order chi connectivity index (χ1) is 10.5. The molecule has 0 saturated carbocycles. The summed E-state index contributed by atoms with van der Waals surface area (Å²) in [6.45, 7) is 2.27. The topological polar surface area (TPSA) is 83.6 Å². The van der Waals surface area contributed by atoms with E-state index in [9.17, 15) is 18.7 Å². The predicted molar refractivity (Wildman–Crippen MR) is 72.9 cm³/mol. The summed E-state index contributed by atoms with van der Waals surface area (Å²) in [5.41, 5.74) is 0.235. The summed E-state index contributed by atoms with van der Waals surface area (Å²) in [7, 11) is 0. The fourth-order valence-electron chi connectivity index (χ4n) is 2.71. The minimum absolute atomic E-state index is 0.0898. The Balaban J connectivity index is 1.97. The molecule has 1 N–H and O–H groups in total. The number of halogens is 2. The lowest BCUT2D eigenvalue weighted by Crippen LogP contribution is -2.44. The van der Waals surface area contributed by atoms with Gasteiger partial charge >= 0.3 is 5.97 Å². The van der Waals surface area contributed by atoms with Gasteiger partial charge in [-0.25, -0.2) is 8.78 Å². The van der Waals surface area contributed by atoms with E-state index in [1.165, 1.54) is 0 Å². The minimum atomic E-state index is -2.77. The highest BCUT2D eigenvalue weighted by Gasteiger charge is 2.31. The normalized spacial score (nSPS) is 22.5. The molecule has 2 aromatic rings. The van der Waals surface area contributed by atoms with Gasteiger partial charge in [-0.15, -0.1) is 15.3 Å². The van der Waals surface area contributed by atoms with Crippen LogP contribution in [0, 0.1) is 5.92 Å². The molecule has 3 heterocycles. The number of alkyl halides is 2. The third-order valence-electron chi connectivity index (χ3n) is 3.99. The molecule has 0 aromatic carbocycles. The summed E-state index contributed by atoms with van der Waals surface area (Å²) < 4.78 is 26.8. The molecule has 0 radical (unpaired) electrons. The van der Waals surface area contributed by atoms with Crippen molar-refractivity contribution in [2.75, 3.05) is 11.4 Å². The van der Waals surface area contributed by atoms with E-state index >= 15 is 0 Å². The van der Waals surface area contributed by atoms with Crippen molar-refractivity contribution in [2.45, 2.75) is 32.2 Å². The van der Waals surface area contributed by atoms with Crippen molar-refractivity contribution in [1.82, 2.24) is 19.8 Å². The van der Waals surface area contributed by atoms with Gasteiger partial charge in [0.05, 0.1) is 5.92 Å². The Bertz CT molecular complexity index is 705. The Morgan fingerprint density at radius 1 is 1.36 bits per heavy atom. The van der Waals surface area contributed by atoms with E-state index in [0.717, 1.165) is 4.52 Å². The van der Waals surface area contributed by atoms with Crippen molar-refractivity contribution >= 4 is 17.4 Å². The van der Waals surface area contributed by atoms with Crippen LogP contribution in [0.4, 0.5) is 14.6 Å². The van der Waals surface area contributed by atoms with Gasteiger partial charge in [0.25, 0.3) is 6.43 Å². The van der Waals surface area contributed by atoms with Crippen LogP contribution in [0.15, 0.2) is 12.1 Å². The highest BCUT2D eigenvalue weighted by Crippen LogP contribution is 2.27. The van der Waals surface area contributed by atoms with Crippen LogP contribution in [0.5, 0.6) is 0 Å². The van der Waals surface area contributed by atoms with Crippen LogP contribution in [0.2, 0.25) is 0 Å². The maximum Gasteiger partial charge on any atom is 0.308 e. The molecule has 1 fully saturated rings. The van der Waals surface area contributed by atoms with Crippen LogP contribution in [-0.2, 0) is 4.79 Å².